The summed E-state index contributed by atoms with van der Waals surface area (Å²) in [4.78, 5) is 0. The Morgan fingerprint density at radius 2 is 1.68 bits per heavy atom. The Morgan fingerprint density at radius 1 is 0.968 bits per heavy atom. The molecule has 172 valence electrons. The first-order chi connectivity index (χ1) is 14.7. The van der Waals surface area contributed by atoms with Crippen LogP contribution >= 0.6 is 31.9 Å². The Balaban J connectivity index is 2.28. The standard InChI is InChI=1S/C24H28Br2F4O/c1-3-5-6-16(4-2)15-31-23-12-19(13-25)18(11-20(23)14-26)9-17-7-8-22(27)21(10-17)24(28,29)30/h7-8,10-12,16H,3-6,9,13-15H2,1-2H3. The highest BCUT2D eigenvalue weighted by molar-refractivity contribution is 9.08. The lowest BCUT2D eigenvalue weighted by atomic mass is 9.96. The molecule has 0 radical (unpaired) electrons. The second-order valence-electron chi connectivity index (χ2n) is 7.71. The Labute approximate surface area is 198 Å². The molecule has 2 aromatic carbocycles. The molecular formula is C24H28Br2F4O. The van der Waals surface area contributed by atoms with E-state index in [9.17, 15) is 17.6 Å². The van der Waals surface area contributed by atoms with Crippen LogP contribution in [0.15, 0.2) is 30.3 Å². The Hall–Kier alpha value is -1.08. The van der Waals surface area contributed by atoms with Crippen molar-refractivity contribution in [1.29, 1.82) is 0 Å². The zero-order chi connectivity index (χ0) is 23.0. The zero-order valence-corrected chi connectivity index (χ0v) is 21.0. The summed E-state index contributed by atoms with van der Waals surface area (Å²) in [6.07, 6.45) is 0.0793. The molecule has 0 spiro atoms. The molecule has 7 heteroatoms. The first-order valence-electron chi connectivity index (χ1n) is 10.5. The third kappa shape index (κ3) is 7.48. The van der Waals surface area contributed by atoms with Gasteiger partial charge < -0.3 is 4.74 Å². The van der Waals surface area contributed by atoms with Gasteiger partial charge in [-0.3, -0.25) is 0 Å². The summed E-state index contributed by atoms with van der Waals surface area (Å²) in [6, 6.07) is 7.10. The quantitative estimate of drug-likeness (QED) is 0.195. The van der Waals surface area contributed by atoms with E-state index in [0.717, 1.165) is 53.8 Å². The van der Waals surface area contributed by atoms with Crippen molar-refractivity contribution in [2.24, 2.45) is 5.92 Å². The van der Waals surface area contributed by atoms with E-state index in [0.29, 0.717) is 28.7 Å². The largest absolute Gasteiger partial charge is 0.493 e. The topological polar surface area (TPSA) is 9.23 Å². The van der Waals surface area contributed by atoms with Crippen LogP contribution in [0, 0.1) is 11.7 Å². The highest BCUT2D eigenvalue weighted by Gasteiger charge is 2.34. The number of halogens is 6. The first kappa shape index (κ1) is 26.2. The van der Waals surface area contributed by atoms with E-state index >= 15 is 0 Å². The lowest BCUT2D eigenvalue weighted by molar-refractivity contribution is -0.140. The molecular weight excluding hydrogens is 540 g/mol. The van der Waals surface area contributed by atoms with E-state index in [4.69, 9.17) is 4.74 Å². The van der Waals surface area contributed by atoms with Gasteiger partial charge in [0.15, 0.2) is 0 Å². The molecule has 0 aliphatic rings. The van der Waals surface area contributed by atoms with Crippen molar-refractivity contribution in [3.8, 4) is 5.75 Å². The molecule has 0 heterocycles. The number of rotatable bonds is 11. The van der Waals surface area contributed by atoms with Crippen LogP contribution in [0.1, 0.15) is 67.3 Å². The minimum atomic E-state index is -4.72. The number of benzene rings is 2. The summed E-state index contributed by atoms with van der Waals surface area (Å²) in [5.41, 5.74) is 1.96. The van der Waals surface area contributed by atoms with E-state index in [1.165, 1.54) is 12.5 Å². The second-order valence-corrected chi connectivity index (χ2v) is 8.83. The SMILES string of the molecule is CCCCC(CC)COc1cc(CBr)c(Cc2ccc(F)c(C(F)(F)F)c2)cc1CBr. The van der Waals surface area contributed by atoms with Crippen molar-refractivity contribution in [3.63, 3.8) is 0 Å². The number of alkyl halides is 5. The molecule has 1 atom stereocenters. The van der Waals surface area contributed by atoms with Crippen molar-refractivity contribution < 1.29 is 22.3 Å². The molecule has 1 unspecified atom stereocenters. The van der Waals surface area contributed by atoms with Crippen molar-refractivity contribution in [3.05, 3.63) is 64.0 Å². The summed E-state index contributed by atoms with van der Waals surface area (Å²) in [5, 5.41) is 1.11. The number of unbranched alkanes of at least 4 members (excludes halogenated alkanes) is 1. The normalized spacial score (nSPS) is 12.8. The minimum absolute atomic E-state index is 0.276. The van der Waals surface area contributed by atoms with Crippen molar-refractivity contribution in [1.82, 2.24) is 0 Å². The molecule has 0 aliphatic carbocycles. The number of hydrogen-bond donors (Lipinski definition) is 0. The number of hydrogen-bond acceptors (Lipinski definition) is 1. The Kier molecular flexibility index (Phi) is 10.3. The van der Waals surface area contributed by atoms with Gasteiger partial charge in [0.25, 0.3) is 0 Å². The monoisotopic (exact) mass is 566 g/mol. The maximum atomic E-state index is 13.6. The van der Waals surface area contributed by atoms with Crippen LogP contribution in [0.25, 0.3) is 0 Å². The summed E-state index contributed by atoms with van der Waals surface area (Å²) < 4.78 is 59.0. The molecule has 0 bridgehead atoms. The molecule has 0 saturated heterocycles. The van der Waals surface area contributed by atoms with Gasteiger partial charge in [0.1, 0.15) is 11.6 Å². The molecule has 0 amide bonds. The van der Waals surface area contributed by atoms with E-state index in [2.05, 4.69) is 45.7 Å². The van der Waals surface area contributed by atoms with Gasteiger partial charge in [-0.05, 0) is 53.6 Å². The van der Waals surface area contributed by atoms with Crippen LogP contribution in [0.2, 0.25) is 0 Å². The minimum Gasteiger partial charge on any atom is -0.493 e. The third-order valence-corrected chi connectivity index (χ3v) is 6.63. The first-order valence-corrected chi connectivity index (χ1v) is 12.7. The van der Waals surface area contributed by atoms with Crippen LogP contribution in [0.4, 0.5) is 17.6 Å². The molecule has 0 fully saturated rings. The van der Waals surface area contributed by atoms with E-state index in [1.807, 2.05) is 12.1 Å². The summed E-state index contributed by atoms with van der Waals surface area (Å²) in [6.45, 7) is 4.99. The van der Waals surface area contributed by atoms with Gasteiger partial charge in [-0.15, -0.1) is 0 Å². The molecule has 0 aliphatic heterocycles. The smallest absolute Gasteiger partial charge is 0.419 e. The second kappa shape index (κ2) is 12.2. The summed E-state index contributed by atoms with van der Waals surface area (Å²) in [7, 11) is 0. The Morgan fingerprint density at radius 3 is 2.26 bits per heavy atom. The highest BCUT2D eigenvalue weighted by atomic mass is 79.9. The van der Waals surface area contributed by atoms with Gasteiger partial charge in [-0.1, -0.05) is 77.1 Å². The van der Waals surface area contributed by atoms with Crippen LogP contribution in [0.3, 0.4) is 0 Å². The van der Waals surface area contributed by atoms with Crippen molar-refractivity contribution in [2.75, 3.05) is 6.61 Å². The predicted octanol–water partition coefficient (Wildman–Crippen LogP) is 8.82. The van der Waals surface area contributed by atoms with Crippen LogP contribution in [-0.4, -0.2) is 6.61 Å². The average molecular weight is 568 g/mol. The van der Waals surface area contributed by atoms with Gasteiger partial charge in [0.05, 0.1) is 12.2 Å². The van der Waals surface area contributed by atoms with Crippen molar-refractivity contribution in [2.45, 2.75) is 62.8 Å². The molecule has 0 N–H and O–H groups in total. The summed E-state index contributed by atoms with van der Waals surface area (Å²) >= 11 is 6.98. The molecule has 2 aromatic rings. The fourth-order valence-corrected chi connectivity index (χ4v) is 4.43. The Bertz CT molecular complexity index is 852. The van der Waals surface area contributed by atoms with E-state index < -0.39 is 17.6 Å². The van der Waals surface area contributed by atoms with E-state index in [1.54, 1.807) is 0 Å². The van der Waals surface area contributed by atoms with Crippen LogP contribution in [0.5, 0.6) is 5.75 Å². The van der Waals surface area contributed by atoms with E-state index in [-0.39, 0.29) is 6.42 Å². The van der Waals surface area contributed by atoms with Gasteiger partial charge in [-0.2, -0.15) is 13.2 Å². The molecule has 1 nitrogen and oxygen atoms in total. The highest BCUT2D eigenvalue weighted by Crippen LogP contribution is 2.34. The lowest BCUT2D eigenvalue weighted by Crippen LogP contribution is -2.12. The molecule has 0 saturated carbocycles. The maximum Gasteiger partial charge on any atom is 0.419 e. The predicted molar refractivity (Wildman–Crippen MR) is 125 cm³/mol. The third-order valence-electron chi connectivity index (χ3n) is 5.42. The van der Waals surface area contributed by atoms with Crippen LogP contribution < -0.4 is 4.74 Å². The average Bonchev–Trinajstić information content (AvgIpc) is 2.74. The lowest BCUT2D eigenvalue weighted by Gasteiger charge is -2.19. The maximum absolute atomic E-state index is 13.6. The summed E-state index contributed by atoms with van der Waals surface area (Å²) in [5.74, 6) is 0.0331. The van der Waals surface area contributed by atoms with Crippen LogP contribution in [-0.2, 0) is 23.3 Å². The fourth-order valence-electron chi connectivity index (χ4n) is 3.47. The molecule has 2 rings (SSSR count). The van der Waals surface area contributed by atoms with Crippen molar-refractivity contribution >= 4 is 31.9 Å². The van der Waals surface area contributed by atoms with Gasteiger partial charge in [0.2, 0.25) is 0 Å². The van der Waals surface area contributed by atoms with Gasteiger partial charge >= 0.3 is 6.18 Å². The molecule has 31 heavy (non-hydrogen) atoms. The zero-order valence-electron chi connectivity index (χ0n) is 17.8. The van der Waals surface area contributed by atoms with Gasteiger partial charge in [-0.25, -0.2) is 4.39 Å². The number of ether oxygens (including phenoxy) is 1. The molecule has 0 aromatic heterocycles. The van der Waals surface area contributed by atoms with Gasteiger partial charge in [0, 0.05) is 16.2 Å². The fraction of sp³-hybridized carbons (Fsp3) is 0.500.